The maximum absolute atomic E-state index is 9.84. The molecule has 5 nitrogen and oxygen atoms in total. The van der Waals surface area contributed by atoms with E-state index in [1.54, 1.807) is 0 Å². The average Bonchev–Trinajstić information content (AvgIpc) is 2.87. The lowest BCUT2D eigenvalue weighted by atomic mass is 10.2. The zero-order valence-electron chi connectivity index (χ0n) is 12.6. The van der Waals surface area contributed by atoms with E-state index < -0.39 is 6.10 Å². The standard InChI is InChI=1S/C14H29N3O2/c1-4-15-14(17-7-5-6-8-17)16-9-13(18)11-19-10-12(2)3/h12-13,18H,4-11H2,1-3H3,(H,15,16). The van der Waals surface area contributed by atoms with Gasteiger partial charge in [-0.3, -0.25) is 4.99 Å². The molecule has 1 heterocycles. The molecule has 0 spiro atoms. The fourth-order valence-electron chi connectivity index (χ4n) is 2.04. The number of rotatable bonds is 7. The van der Waals surface area contributed by atoms with Crippen molar-refractivity contribution in [2.75, 3.05) is 39.4 Å². The van der Waals surface area contributed by atoms with Gasteiger partial charge in [0.2, 0.25) is 0 Å². The molecule has 0 bridgehead atoms. The first kappa shape index (κ1) is 16.2. The van der Waals surface area contributed by atoms with Crippen LogP contribution in [0.1, 0.15) is 33.6 Å². The highest BCUT2D eigenvalue weighted by atomic mass is 16.5. The van der Waals surface area contributed by atoms with Crippen molar-refractivity contribution in [3.05, 3.63) is 0 Å². The molecule has 1 unspecified atom stereocenters. The SMILES string of the molecule is CCNC(=NCC(O)COCC(C)C)N1CCCC1. The molecule has 0 radical (unpaired) electrons. The van der Waals surface area contributed by atoms with Gasteiger partial charge in [0.25, 0.3) is 0 Å². The molecule has 0 aromatic carbocycles. The van der Waals surface area contributed by atoms with Crippen LogP contribution in [-0.4, -0.2) is 61.5 Å². The van der Waals surface area contributed by atoms with Crippen LogP contribution < -0.4 is 5.32 Å². The maximum atomic E-state index is 9.84. The van der Waals surface area contributed by atoms with Gasteiger partial charge >= 0.3 is 0 Å². The van der Waals surface area contributed by atoms with Crippen molar-refractivity contribution >= 4 is 5.96 Å². The lowest BCUT2D eigenvalue weighted by Gasteiger charge is -2.21. The normalized spacial score (nSPS) is 18.2. The van der Waals surface area contributed by atoms with Crippen molar-refractivity contribution in [2.24, 2.45) is 10.9 Å². The van der Waals surface area contributed by atoms with Gasteiger partial charge in [0.15, 0.2) is 5.96 Å². The first-order chi connectivity index (χ1) is 9.13. The fourth-order valence-corrected chi connectivity index (χ4v) is 2.04. The number of nitrogens with one attached hydrogen (secondary N) is 1. The molecule has 1 saturated heterocycles. The second-order valence-corrected chi connectivity index (χ2v) is 5.47. The van der Waals surface area contributed by atoms with Crippen molar-refractivity contribution in [1.82, 2.24) is 10.2 Å². The second-order valence-electron chi connectivity index (χ2n) is 5.47. The van der Waals surface area contributed by atoms with Crippen LogP contribution in [0.3, 0.4) is 0 Å². The van der Waals surface area contributed by atoms with Crippen LogP contribution in [0, 0.1) is 5.92 Å². The average molecular weight is 271 g/mol. The van der Waals surface area contributed by atoms with Crippen LogP contribution >= 0.6 is 0 Å². The number of guanidine groups is 1. The molecule has 112 valence electrons. The predicted octanol–water partition coefficient (Wildman–Crippen LogP) is 1.08. The number of nitrogens with zero attached hydrogens (tertiary/aromatic N) is 2. The number of aliphatic hydroxyl groups excluding tert-OH is 1. The Morgan fingerprint density at radius 2 is 2.00 bits per heavy atom. The zero-order chi connectivity index (χ0) is 14.1. The van der Waals surface area contributed by atoms with Gasteiger partial charge in [0, 0.05) is 26.2 Å². The summed E-state index contributed by atoms with van der Waals surface area (Å²) in [5.74, 6) is 1.42. The van der Waals surface area contributed by atoms with Gasteiger partial charge < -0.3 is 20.1 Å². The van der Waals surface area contributed by atoms with Gasteiger partial charge in [-0.25, -0.2) is 0 Å². The van der Waals surface area contributed by atoms with E-state index in [1.165, 1.54) is 12.8 Å². The largest absolute Gasteiger partial charge is 0.389 e. The van der Waals surface area contributed by atoms with E-state index in [-0.39, 0.29) is 0 Å². The Morgan fingerprint density at radius 1 is 1.32 bits per heavy atom. The summed E-state index contributed by atoms with van der Waals surface area (Å²) >= 11 is 0. The molecule has 5 heteroatoms. The van der Waals surface area contributed by atoms with E-state index in [9.17, 15) is 5.11 Å². The molecule has 2 N–H and O–H groups in total. The van der Waals surface area contributed by atoms with Crippen LogP contribution in [0.25, 0.3) is 0 Å². The van der Waals surface area contributed by atoms with Crippen LogP contribution in [-0.2, 0) is 4.74 Å². The summed E-state index contributed by atoms with van der Waals surface area (Å²) in [6.07, 6.45) is 1.93. The molecular formula is C14H29N3O2. The molecule has 0 aliphatic carbocycles. The lowest BCUT2D eigenvalue weighted by Crippen LogP contribution is -2.40. The first-order valence-electron chi connectivity index (χ1n) is 7.42. The minimum Gasteiger partial charge on any atom is -0.389 e. The predicted molar refractivity (Wildman–Crippen MR) is 78.4 cm³/mol. The quantitative estimate of drug-likeness (QED) is 0.537. The number of hydrogen-bond acceptors (Lipinski definition) is 3. The maximum Gasteiger partial charge on any atom is 0.194 e. The van der Waals surface area contributed by atoms with E-state index in [2.05, 4.69) is 36.0 Å². The van der Waals surface area contributed by atoms with Gasteiger partial charge in [0.1, 0.15) is 0 Å². The van der Waals surface area contributed by atoms with E-state index >= 15 is 0 Å². The number of aliphatic imine (C=N–C) groups is 1. The summed E-state index contributed by atoms with van der Waals surface area (Å²) in [7, 11) is 0. The molecular weight excluding hydrogens is 242 g/mol. The molecule has 0 saturated carbocycles. The van der Waals surface area contributed by atoms with Gasteiger partial charge in [0.05, 0.1) is 19.3 Å². The smallest absolute Gasteiger partial charge is 0.194 e. The second kappa shape index (κ2) is 9.15. The van der Waals surface area contributed by atoms with E-state index in [0.29, 0.717) is 25.7 Å². The first-order valence-corrected chi connectivity index (χ1v) is 7.42. The van der Waals surface area contributed by atoms with Crippen molar-refractivity contribution in [1.29, 1.82) is 0 Å². The fraction of sp³-hybridized carbons (Fsp3) is 0.929. The molecule has 1 fully saturated rings. The third-order valence-corrected chi connectivity index (χ3v) is 2.95. The summed E-state index contributed by atoms with van der Waals surface area (Å²) in [4.78, 5) is 6.75. The minimum atomic E-state index is -0.519. The van der Waals surface area contributed by atoms with E-state index in [4.69, 9.17) is 4.74 Å². The third kappa shape index (κ3) is 6.78. The van der Waals surface area contributed by atoms with Crippen molar-refractivity contribution in [3.8, 4) is 0 Å². The summed E-state index contributed by atoms with van der Waals surface area (Å²) in [6, 6.07) is 0. The number of aliphatic hydroxyl groups is 1. The van der Waals surface area contributed by atoms with Crippen LogP contribution in [0.4, 0.5) is 0 Å². The third-order valence-electron chi connectivity index (χ3n) is 2.95. The van der Waals surface area contributed by atoms with Crippen molar-refractivity contribution in [3.63, 3.8) is 0 Å². The monoisotopic (exact) mass is 271 g/mol. The molecule has 1 atom stereocenters. The number of likely N-dealkylation sites (tertiary alicyclic amines) is 1. The molecule has 1 rings (SSSR count). The molecule has 1 aliphatic heterocycles. The Morgan fingerprint density at radius 3 is 2.58 bits per heavy atom. The van der Waals surface area contributed by atoms with Gasteiger partial charge in [-0.1, -0.05) is 13.8 Å². The Hall–Kier alpha value is -0.810. The molecule has 0 aromatic heterocycles. The van der Waals surface area contributed by atoms with Crippen LogP contribution in [0.15, 0.2) is 4.99 Å². The van der Waals surface area contributed by atoms with Gasteiger partial charge in [-0.05, 0) is 25.7 Å². The molecule has 0 amide bonds. The molecule has 0 aromatic rings. The zero-order valence-corrected chi connectivity index (χ0v) is 12.6. The highest BCUT2D eigenvalue weighted by Gasteiger charge is 2.16. The van der Waals surface area contributed by atoms with Crippen LogP contribution in [0.5, 0.6) is 0 Å². The number of ether oxygens (including phenoxy) is 1. The summed E-state index contributed by atoms with van der Waals surface area (Å²) < 4.78 is 5.42. The molecule has 19 heavy (non-hydrogen) atoms. The van der Waals surface area contributed by atoms with E-state index in [1.807, 2.05) is 0 Å². The Bertz CT molecular complexity index is 263. The molecule has 1 aliphatic rings. The Labute approximate surface area is 117 Å². The van der Waals surface area contributed by atoms with Crippen molar-refractivity contribution in [2.45, 2.75) is 39.7 Å². The summed E-state index contributed by atoms with van der Waals surface area (Å²) in [5, 5.41) is 13.1. The highest BCUT2D eigenvalue weighted by Crippen LogP contribution is 2.07. The Balaban J connectivity index is 2.32. The van der Waals surface area contributed by atoms with Crippen molar-refractivity contribution < 1.29 is 9.84 Å². The van der Waals surface area contributed by atoms with Crippen LogP contribution in [0.2, 0.25) is 0 Å². The highest BCUT2D eigenvalue weighted by molar-refractivity contribution is 5.80. The summed E-state index contributed by atoms with van der Waals surface area (Å²) in [5.41, 5.74) is 0. The van der Waals surface area contributed by atoms with Gasteiger partial charge in [-0.15, -0.1) is 0 Å². The topological polar surface area (TPSA) is 57.1 Å². The number of hydrogen-bond donors (Lipinski definition) is 2. The minimum absolute atomic E-state index is 0.362. The summed E-state index contributed by atoms with van der Waals surface area (Å²) in [6.45, 7) is 10.7. The van der Waals surface area contributed by atoms with Gasteiger partial charge in [-0.2, -0.15) is 0 Å². The Kier molecular flexibility index (Phi) is 7.82. The van der Waals surface area contributed by atoms with E-state index in [0.717, 1.165) is 25.6 Å². The lowest BCUT2D eigenvalue weighted by molar-refractivity contribution is 0.0300.